The van der Waals surface area contributed by atoms with Crippen LogP contribution in [0, 0.1) is 0 Å². The molecule has 122 valence electrons. The molecule has 0 atom stereocenters. The van der Waals surface area contributed by atoms with Crippen molar-refractivity contribution in [2.24, 2.45) is 0 Å². The lowest BCUT2D eigenvalue weighted by Gasteiger charge is -2.31. The van der Waals surface area contributed by atoms with Gasteiger partial charge in [-0.2, -0.15) is 0 Å². The van der Waals surface area contributed by atoms with Crippen molar-refractivity contribution in [1.82, 2.24) is 9.62 Å². The molecule has 0 spiro atoms. The number of nitrogens with zero attached hydrogens (tertiary/aromatic N) is 1. The summed E-state index contributed by atoms with van der Waals surface area (Å²) >= 11 is 0. The molecular weight excluding hydrogens is 300 g/mol. The Balaban J connectivity index is 1.83. The number of nitrogens with one attached hydrogen (secondary N) is 1. The van der Waals surface area contributed by atoms with E-state index < -0.39 is 10.0 Å². The van der Waals surface area contributed by atoms with E-state index in [2.05, 4.69) is 5.32 Å². The van der Waals surface area contributed by atoms with Crippen LogP contribution in [0.15, 0.2) is 30.3 Å². The van der Waals surface area contributed by atoms with Crippen LogP contribution in [-0.2, 0) is 21.2 Å². The number of amides is 1. The normalized spacial score (nSPS) is 17.3. The van der Waals surface area contributed by atoms with E-state index in [1.807, 2.05) is 37.3 Å². The maximum absolute atomic E-state index is 12.4. The van der Waals surface area contributed by atoms with Crippen molar-refractivity contribution in [2.75, 3.05) is 18.8 Å². The summed E-state index contributed by atoms with van der Waals surface area (Å²) in [4.78, 5) is 11.4. The van der Waals surface area contributed by atoms with E-state index in [1.54, 1.807) is 4.31 Å². The van der Waals surface area contributed by atoms with Gasteiger partial charge in [0.1, 0.15) is 0 Å². The van der Waals surface area contributed by atoms with Gasteiger partial charge in [-0.1, -0.05) is 37.3 Å². The van der Waals surface area contributed by atoms with Gasteiger partial charge < -0.3 is 5.32 Å². The van der Waals surface area contributed by atoms with Crippen LogP contribution < -0.4 is 5.32 Å². The summed E-state index contributed by atoms with van der Waals surface area (Å²) in [7, 11) is -3.22. The van der Waals surface area contributed by atoms with Crippen molar-refractivity contribution in [2.45, 2.75) is 38.6 Å². The summed E-state index contributed by atoms with van der Waals surface area (Å²) in [6, 6.07) is 9.76. The molecule has 1 aromatic carbocycles. The van der Waals surface area contributed by atoms with Crippen molar-refractivity contribution < 1.29 is 13.2 Å². The first-order valence-corrected chi connectivity index (χ1v) is 9.43. The van der Waals surface area contributed by atoms with Gasteiger partial charge in [0, 0.05) is 25.6 Å². The second-order valence-corrected chi connectivity index (χ2v) is 7.73. The number of aryl methyl sites for hydroxylation is 1. The standard InChI is InChI=1S/C16H24N2O3S/c1-2-16(19)17-15-8-11-18(12-9-15)22(20,21)13-10-14-6-4-3-5-7-14/h3-7,15H,2,8-13H2,1H3,(H,17,19). The number of piperidine rings is 1. The Morgan fingerprint density at radius 3 is 2.45 bits per heavy atom. The molecule has 5 nitrogen and oxygen atoms in total. The van der Waals surface area contributed by atoms with Gasteiger partial charge in [-0.15, -0.1) is 0 Å². The van der Waals surface area contributed by atoms with Crippen LogP contribution >= 0.6 is 0 Å². The molecule has 1 aromatic rings. The second-order valence-electron chi connectivity index (χ2n) is 5.65. The number of rotatable bonds is 6. The lowest BCUT2D eigenvalue weighted by Crippen LogP contribution is -2.47. The molecule has 1 heterocycles. The smallest absolute Gasteiger partial charge is 0.219 e. The van der Waals surface area contributed by atoms with E-state index in [0.717, 1.165) is 5.56 Å². The summed E-state index contributed by atoms with van der Waals surface area (Å²) < 4.78 is 26.3. The molecule has 22 heavy (non-hydrogen) atoms. The van der Waals surface area contributed by atoms with Gasteiger partial charge in [0.25, 0.3) is 0 Å². The predicted octanol–water partition coefficient (Wildman–Crippen LogP) is 1.55. The molecule has 0 unspecified atom stereocenters. The molecule has 1 saturated heterocycles. The summed E-state index contributed by atoms with van der Waals surface area (Å²) in [5.41, 5.74) is 1.04. The molecule has 6 heteroatoms. The Hall–Kier alpha value is -1.40. The van der Waals surface area contributed by atoms with E-state index in [9.17, 15) is 13.2 Å². The van der Waals surface area contributed by atoms with E-state index >= 15 is 0 Å². The average Bonchev–Trinajstić information content (AvgIpc) is 2.54. The minimum atomic E-state index is -3.22. The highest BCUT2D eigenvalue weighted by Crippen LogP contribution is 2.15. The van der Waals surface area contributed by atoms with Crippen molar-refractivity contribution in [3.63, 3.8) is 0 Å². The van der Waals surface area contributed by atoms with E-state index in [-0.39, 0.29) is 17.7 Å². The van der Waals surface area contributed by atoms with Gasteiger partial charge in [-0.05, 0) is 24.8 Å². The third kappa shape index (κ3) is 4.81. The fourth-order valence-corrected chi connectivity index (χ4v) is 4.15. The number of benzene rings is 1. The Morgan fingerprint density at radius 2 is 1.86 bits per heavy atom. The topological polar surface area (TPSA) is 66.5 Å². The number of hydrogen-bond acceptors (Lipinski definition) is 3. The van der Waals surface area contributed by atoms with Crippen molar-refractivity contribution >= 4 is 15.9 Å². The minimum absolute atomic E-state index is 0.0328. The lowest BCUT2D eigenvalue weighted by molar-refractivity contribution is -0.121. The number of hydrogen-bond donors (Lipinski definition) is 1. The molecule has 0 aliphatic carbocycles. The van der Waals surface area contributed by atoms with Crippen molar-refractivity contribution in [3.8, 4) is 0 Å². The highest BCUT2D eigenvalue weighted by atomic mass is 32.2. The van der Waals surface area contributed by atoms with Crippen molar-refractivity contribution in [3.05, 3.63) is 35.9 Å². The molecular formula is C16H24N2O3S. The van der Waals surface area contributed by atoms with E-state index in [4.69, 9.17) is 0 Å². The van der Waals surface area contributed by atoms with E-state index in [1.165, 1.54) is 0 Å². The summed E-state index contributed by atoms with van der Waals surface area (Å²) in [5.74, 6) is 0.175. The van der Waals surface area contributed by atoms with E-state index in [0.29, 0.717) is 38.8 Å². The van der Waals surface area contributed by atoms with Gasteiger partial charge in [0.15, 0.2) is 0 Å². The summed E-state index contributed by atoms with van der Waals surface area (Å²) in [6.45, 7) is 2.80. The predicted molar refractivity (Wildman–Crippen MR) is 87.0 cm³/mol. The molecule has 0 aromatic heterocycles. The molecule has 1 aliphatic heterocycles. The van der Waals surface area contributed by atoms with Crippen LogP contribution in [-0.4, -0.2) is 43.5 Å². The number of sulfonamides is 1. The molecule has 0 radical (unpaired) electrons. The Bertz CT molecular complexity index is 579. The molecule has 1 N–H and O–H groups in total. The highest BCUT2D eigenvalue weighted by molar-refractivity contribution is 7.89. The summed E-state index contributed by atoms with van der Waals surface area (Å²) in [6.07, 6.45) is 2.39. The van der Waals surface area contributed by atoms with Crippen LogP contribution in [0.3, 0.4) is 0 Å². The van der Waals surface area contributed by atoms with Crippen LogP contribution in [0.1, 0.15) is 31.7 Å². The molecule has 1 amide bonds. The van der Waals surface area contributed by atoms with Gasteiger partial charge >= 0.3 is 0 Å². The first-order valence-electron chi connectivity index (χ1n) is 7.82. The fraction of sp³-hybridized carbons (Fsp3) is 0.562. The van der Waals surface area contributed by atoms with Crippen molar-refractivity contribution in [1.29, 1.82) is 0 Å². The fourth-order valence-electron chi connectivity index (χ4n) is 2.63. The summed E-state index contributed by atoms with van der Waals surface area (Å²) in [5, 5.41) is 2.94. The van der Waals surface area contributed by atoms with Crippen LogP contribution in [0.5, 0.6) is 0 Å². The van der Waals surface area contributed by atoms with Crippen LogP contribution in [0.2, 0.25) is 0 Å². The third-order valence-corrected chi connectivity index (χ3v) is 5.90. The quantitative estimate of drug-likeness (QED) is 0.863. The van der Waals surface area contributed by atoms with Gasteiger partial charge in [-0.25, -0.2) is 12.7 Å². The molecule has 1 fully saturated rings. The number of carbonyl (C=O) groups excluding carboxylic acids is 1. The highest BCUT2D eigenvalue weighted by Gasteiger charge is 2.28. The average molecular weight is 324 g/mol. The first-order chi connectivity index (χ1) is 10.5. The first kappa shape index (κ1) is 17.0. The number of carbonyl (C=O) groups is 1. The Labute approximate surface area is 132 Å². The SMILES string of the molecule is CCC(=O)NC1CCN(S(=O)(=O)CCc2ccccc2)CC1. The van der Waals surface area contributed by atoms with Gasteiger partial charge in [-0.3, -0.25) is 4.79 Å². The molecule has 0 bridgehead atoms. The largest absolute Gasteiger partial charge is 0.353 e. The third-order valence-electron chi connectivity index (χ3n) is 4.03. The molecule has 0 saturated carbocycles. The van der Waals surface area contributed by atoms with Crippen LogP contribution in [0.25, 0.3) is 0 Å². The second kappa shape index (κ2) is 7.74. The Morgan fingerprint density at radius 1 is 1.23 bits per heavy atom. The molecule has 2 rings (SSSR count). The monoisotopic (exact) mass is 324 g/mol. The zero-order valence-electron chi connectivity index (χ0n) is 13.0. The van der Waals surface area contributed by atoms with Crippen LogP contribution in [0.4, 0.5) is 0 Å². The maximum Gasteiger partial charge on any atom is 0.219 e. The molecule has 1 aliphatic rings. The lowest BCUT2D eigenvalue weighted by atomic mass is 10.1. The van der Waals surface area contributed by atoms with Gasteiger partial charge in [0.05, 0.1) is 5.75 Å². The van der Waals surface area contributed by atoms with Gasteiger partial charge in [0.2, 0.25) is 15.9 Å². The zero-order chi connectivity index (χ0) is 16.0. The Kier molecular flexibility index (Phi) is 5.97. The minimum Gasteiger partial charge on any atom is -0.353 e. The zero-order valence-corrected chi connectivity index (χ0v) is 13.8. The maximum atomic E-state index is 12.4.